The number of carbonyl (C=O) groups is 2. The quantitative estimate of drug-likeness (QED) is 0.184. The number of amides is 1. The van der Waals surface area contributed by atoms with Gasteiger partial charge in [0.2, 0.25) is 0 Å². The number of ketones is 1. The molecule has 1 saturated heterocycles. The van der Waals surface area contributed by atoms with Gasteiger partial charge in [-0.1, -0.05) is 26.0 Å². The monoisotopic (exact) mass is 495 g/mol. The number of Topliss-reactive ketones (excluding diaryl/α,β-unsaturated/α-hetero) is 1. The van der Waals surface area contributed by atoms with Crippen molar-refractivity contribution >= 4 is 23.1 Å². The van der Waals surface area contributed by atoms with Gasteiger partial charge in [-0.05, 0) is 49.8 Å². The van der Waals surface area contributed by atoms with E-state index in [2.05, 4.69) is 4.90 Å². The summed E-state index contributed by atoms with van der Waals surface area (Å²) in [6.07, 6.45) is 0.601. The van der Waals surface area contributed by atoms with Gasteiger partial charge in [0.15, 0.2) is 11.5 Å². The largest absolute Gasteiger partial charge is 0.507 e. The van der Waals surface area contributed by atoms with Crippen LogP contribution in [-0.2, 0) is 9.59 Å². The molecule has 1 atom stereocenters. The Morgan fingerprint density at radius 2 is 1.83 bits per heavy atom. The molecule has 1 N–H and O–H groups in total. The van der Waals surface area contributed by atoms with Gasteiger partial charge in [-0.2, -0.15) is 0 Å². The highest BCUT2D eigenvalue weighted by atomic mass is 16.6. The van der Waals surface area contributed by atoms with Crippen molar-refractivity contribution in [1.29, 1.82) is 0 Å². The Kier molecular flexibility index (Phi) is 7.54. The van der Waals surface area contributed by atoms with Crippen LogP contribution in [0, 0.1) is 10.1 Å². The maximum Gasteiger partial charge on any atom is 0.295 e. The molecule has 2 aromatic carbocycles. The lowest BCUT2D eigenvalue weighted by Crippen LogP contribution is -2.33. The highest BCUT2D eigenvalue weighted by molar-refractivity contribution is 6.46. The van der Waals surface area contributed by atoms with Crippen molar-refractivity contribution in [2.45, 2.75) is 26.3 Å². The summed E-state index contributed by atoms with van der Waals surface area (Å²) in [6.45, 7) is 7.54. The summed E-state index contributed by atoms with van der Waals surface area (Å²) < 4.78 is 11.1. The van der Waals surface area contributed by atoms with E-state index in [9.17, 15) is 24.8 Å². The first-order valence-electron chi connectivity index (χ1n) is 12.0. The van der Waals surface area contributed by atoms with Crippen LogP contribution in [0.4, 0.5) is 5.69 Å². The summed E-state index contributed by atoms with van der Waals surface area (Å²) in [5.74, 6) is -1.00. The number of hydrogen-bond acceptors (Lipinski definition) is 8. The third-order valence-corrected chi connectivity index (χ3v) is 6.52. The van der Waals surface area contributed by atoms with Crippen molar-refractivity contribution in [3.63, 3.8) is 0 Å². The van der Waals surface area contributed by atoms with Crippen molar-refractivity contribution in [3.05, 3.63) is 69.3 Å². The molecule has 2 heterocycles. The molecule has 2 aromatic rings. The number of aliphatic hydroxyl groups excluding tert-OH is 1. The molecule has 0 bridgehead atoms. The van der Waals surface area contributed by atoms with Crippen molar-refractivity contribution in [2.24, 2.45) is 0 Å². The number of non-ortho nitro benzene ring substituents is 1. The Morgan fingerprint density at radius 1 is 1.11 bits per heavy atom. The number of ether oxygens (including phenoxy) is 2. The number of likely N-dealkylation sites (tertiary alicyclic amines) is 1. The van der Waals surface area contributed by atoms with E-state index in [0.717, 1.165) is 19.6 Å². The zero-order valence-corrected chi connectivity index (χ0v) is 20.3. The van der Waals surface area contributed by atoms with Gasteiger partial charge >= 0.3 is 0 Å². The molecule has 10 nitrogen and oxygen atoms in total. The molecule has 4 rings (SSSR count). The Balaban J connectivity index is 1.77. The van der Waals surface area contributed by atoms with Crippen molar-refractivity contribution < 1.29 is 29.1 Å². The van der Waals surface area contributed by atoms with Crippen LogP contribution in [0.1, 0.15) is 37.4 Å². The van der Waals surface area contributed by atoms with Crippen molar-refractivity contribution in [2.75, 3.05) is 39.4 Å². The smallest absolute Gasteiger partial charge is 0.295 e. The summed E-state index contributed by atoms with van der Waals surface area (Å²) in [5, 5.41) is 22.7. The normalized spacial score (nSPS) is 18.6. The zero-order valence-electron chi connectivity index (χ0n) is 20.3. The first-order valence-corrected chi connectivity index (χ1v) is 12.0. The average Bonchev–Trinajstić information content (AvgIpc) is 3.15. The molecule has 0 unspecified atom stereocenters. The van der Waals surface area contributed by atoms with Crippen LogP contribution in [0.25, 0.3) is 5.76 Å². The van der Waals surface area contributed by atoms with E-state index in [1.54, 1.807) is 24.3 Å². The van der Waals surface area contributed by atoms with Crippen molar-refractivity contribution in [3.8, 4) is 11.5 Å². The van der Waals surface area contributed by atoms with E-state index in [4.69, 9.17) is 9.47 Å². The minimum absolute atomic E-state index is 0.111. The van der Waals surface area contributed by atoms with E-state index in [0.29, 0.717) is 36.7 Å². The zero-order chi connectivity index (χ0) is 25.8. The van der Waals surface area contributed by atoms with Crippen molar-refractivity contribution in [1.82, 2.24) is 9.80 Å². The summed E-state index contributed by atoms with van der Waals surface area (Å²) in [4.78, 5) is 40.9. The van der Waals surface area contributed by atoms with Crippen LogP contribution in [0.3, 0.4) is 0 Å². The number of rotatable bonds is 9. The first kappa shape index (κ1) is 25.2. The van der Waals surface area contributed by atoms with Crippen LogP contribution in [0.5, 0.6) is 11.5 Å². The second-order valence-corrected chi connectivity index (χ2v) is 8.58. The number of carbonyl (C=O) groups excluding carboxylic acids is 2. The molecular formula is C26H29N3O7. The van der Waals surface area contributed by atoms with Gasteiger partial charge < -0.3 is 24.4 Å². The topological polar surface area (TPSA) is 122 Å². The third kappa shape index (κ3) is 4.90. The molecule has 0 saturated carbocycles. The molecule has 1 amide bonds. The fourth-order valence-corrected chi connectivity index (χ4v) is 4.62. The molecule has 0 spiro atoms. The predicted molar refractivity (Wildman–Crippen MR) is 132 cm³/mol. The SMILES string of the molecule is CCN(CC)CCCN1C(=O)C(=O)C(=C(O)c2ccc3c(c2)OCCO3)[C@@H]1c1cccc([N+](=O)[O-])c1. The van der Waals surface area contributed by atoms with E-state index >= 15 is 0 Å². The van der Waals surface area contributed by atoms with Crippen LogP contribution >= 0.6 is 0 Å². The number of nitro groups is 1. The van der Waals surface area contributed by atoms with Crippen LogP contribution in [0.15, 0.2) is 48.0 Å². The van der Waals surface area contributed by atoms with Crippen LogP contribution in [-0.4, -0.2) is 70.9 Å². The van der Waals surface area contributed by atoms with Crippen LogP contribution in [0.2, 0.25) is 0 Å². The van der Waals surface area contributed by atoms with E-state index in [1.165, 1.54) is 23.1 Å². The lowest BCUT2D eigenvalue weighted by Gasteiger charge is -2.26. The van der Waals surface area contributed by atoms with Crippen LogP contribution < -0.4 is 9.47 Å². The maximum absolute atomic E-state index is 13.2. The van der Waals surface area contributed by atoms with E-state index in [1.807, 2.05) is 13.8 Å². The Morgan fingerprint density at radius 3 is 2.53 bits per heavy atom. The second kappa shape index (κ2) is 10.8. The molecule has 0 aromatic heterocycles. The number of fused-ring (bicyclic) bond motifs is 1. The highest BCUT2D eigenvalue weighted by Crippen LogP contribution is 2.41. The minimum Gasteiger partial charge on any atom is -0.507 e. The molecule has 2 aliphatic rings. The Labute approximate surface area is 208 Å². The average molecular weight is 496 g/mol. The molecular weight excluding hydrogens is 466 g/mol. The molecule has 36 heavy (non-hydrogen) atoms. The van der Waals surface area contributed by atoms with Gasteiger partial charge in [-0.3, -0.25) is 19.7 Å². The molecule has 190 valence electrons. The second-order valence-electron chi connectivity index (χ2n) is 8.58. The number of nitrogens with zero attached hydrogens (tertiary/aromatic N) is 3. The molecule has 0 aliphatic carbocycles. The summed E-state index contributed by atoms with van der Waals surface area (Å²) in [6, 6.07) is 9.62. The van der Waals surface area contributed by atoms with Gasteiger partial charge in [0.1, 0.15) is 19.0 Å². The summed E-state index contributed by atoms with van der Waals surface area (Å²) >= 11 is 0. The fraction of sp³-hybridized carbons (Fsp3) is 0.385. The van der Waals surface area contributed by atoms with Gasteiger partial charge in [-0.15, -0.1) is 0 Å². The highest BCUT2D eigenvalue weighted by Gasteiger charge is 2.46. The first-order chi connectivity index (χ1) is 17.3. The fourth-order valence-electron chi connectivity index (χ4n) is 4.62. The van der Waals surface area contributed by atoms with Gasteiger partial charge in [0, 0.05) is 24.2 Å². The molecule has 1 fully saturated rings. The minimum atomic E-state index is -0.963. The van der Waals surface area contributed by atoms with E-state index < -0.39 is 22.7 Å². The summed E-state index contributed by atoms with van der Waals surface area (Å²) in [7, 11) is 0. The van der Waals surface area contributed by atoms with Gasteiger partial charge in [-0.25, -0.2) is 0 Å². The number of aliphatic hydroxyl groups is 1. The number of benzene rings is 2. The molecule has 10 heteroatoms. The predicted octanol–water partition coefficient (Wildman–Crippen LogP) is 3.52. The molecule has 2 aliphatic heterocycles. The lowest BCUT2D eigenvalue weighted by atomic mass is 9.94. The Bertz CT molecular complexity index is 1210. The maximum atomic E-state index is 13.2. The summed E-state index contributed by atoms with van der Waals surface area (Å²) in [5.41, 5.74) is 0.390. The van der Waals surface area contributed by atoms with Gasteiger partial charge in [0.25, 0.3) is 17.4 Å². The third-order valence-electron chi connectivity index (χ3n) is 6.52. The Hall–Kier alpha value is -3.92. The van der Waals surface area contributed by atoms with E-state index in [-0.39, 0.29) is 29.1 Å². The number of hydrogen-bond donors (Lipinski definition) is 1. The standard InChI is InChI=1S/C26H29N3O7/c1-3-27(4-2)11-6-12-28-23(17-7-5-8-19(15-17)29(33)34)22(25(31)26(28)32)24(30)18-9-10-20-21(16-18)36-14-13-35-20/h5,7-10,15-16,23,30H,3-4,6,11-14H2,1-2H3/t23-/m0/s1. The number of nitro benzene ring substituents is 1. The molecule has 0 radical (unpaired) electrons. The van der Waals surface area contributed by atoms with Gasteiger partial charge in [0.05, 0.1) is 16.5 Å². The lowest BCUT2D eigenvalue weighted by molar-refractivity contribution is -0.384.